The maximum atomic E-state index is 10.6. The average Bonchev–Trinajstić information content (AvgIpc) is 2.47. The number of ether oxygens (including phenoxy) is 1. The van der Waals surface area contributed by atoms with E-state index in [1.165, 1.54) is 12.1 Å². The summed E-state index contributed by atoms with van der Waals surface area (Å²) in [6.45, 7) is 3.53. The minimum absolute atomic E-state index is 0.0336. The normalized spacial score (nSPS) is 10.2. The van der Waals surface area contributed by atoms with Gasteiger partial charge in [-0.15, -0.1) is 0 Å². The van der Waals surface area contributed by atoms with Crippen molar-refractivity contribution in [1.29, 1.82) is 0 Å². The summed E-state index contributed by atoms with van der Waals surface area (Å²) >= 11 is 0. The van der Waals surface area contributed by atoms with Gasteiger partial charge in [0.1, 0.15) is 5.75 Å². The lowest BCUT2D eigenvalue weighted by Crippen LogP contribution is -2.12. The van der Waals surface area contributed by atoms with E-state index in [1.807, 2.05) is 19.1 Å². The molecule has 0 unspecified atom stereocenters. The maximum absolute atomic E-state index is 10.6. The first-order valence-corrected chi connectivity index (χ1v) is 6.27. The Morgan fingerprint density at radius 1 is 1.30 bits per heavy atom. The largest absolute Gasteiger partial charge is 0.439 e. The first kappa shape index (κ1) is 14.0. The minimum atomic E-state index is -0.443. The third-order valence-electron chi connectivity index (χ3n) is 2.68. The van der Waals surface area contributed by atoms with Gasteiger partial charge in [0.05, 0.1) is 4.92 Å². The van der Waals surface area contributed by atoms with E-state index in [0.717, 1.165) is 12.1 Å². The van der Waals surface area contributed by atoms with E-state index < -0.39 is 4.92 Å². The molecule has 0 aliphatic carbocycles. The third kappa shape index (κ3) is 3.52. The van der Waals surface area contributed by atoms with Crippen LogP contribution in [0.2, 0.25) is 0 Å². The standard InChI is InChI=1S/C14H15N3O3/c1-2-15-10-11-4-3-9-16-14(11)20-13-7-5-12(6-8-13)17(18)19/h3-9,15H,2,10H2,1H3. The van der Waals surface area contributed by atoms with Crippen LogP contribution in [0.3, 0.4) is 0 Å². The Hall–Kier alpha value is -2.47. The van der Waals surface area contributed by atoms with Crippen LogP contribution in [-0.4, -0.2) is 16.5 Å². The number of nitro groups is 1. The van der Waals surface area contributed by atoms with Crippen molar-refractivity contribution in [1.82, 2.24) is 10.3 Å². The second-order valence-electron chi connectivity index (χ2n) is 4.10. The number of nitro benzene ring substituents is 1. The number of benzene rings is 1. The van der Waals surface area contributed by atoms with Crippen molar-refractivity contribution in [2.45, 2.75) is 13.5 Å². The second-order valence-corrected chi connectivity index (χ2v) is 4.10. The van der Waals surface area contributed by atoms with Crippen molar-refractivity contribution in [2.24, 2.45) is 0 Å². The van der Waals surface area contributed by atoms with E-state index in [0.29, 0.717) is 18.2 Å². The lowest BCUT2D eigenvalue weighted by molar-refractivity contribution is -0.384. The quantitative estimate of drug-likeness (QED) is 0.646. The van der Waals surface area contributed by atoms with Crippen molar-refractivity contribution in [3.63, 3.8) is 0 Å². The van der Waals surface area contributed by atoms with Crippen molar-refractivity contribution >= 4 is 5.69 Å². The molecule has 0 aliphatic heterocycles. The molecule has 0 radical (unpaired) electrons. The van der Waals surface area contributed by atoms with Crippen LogP contribution in [0, 0.1) is 10.1 Å². The molecule has 1 heterocycles. The highest BCUT2D eigenvalue weighted by Gasteiger charge is 2.08. The summed E-state index contributed by atoms with van der Waals surface area (Å²) in [5, 5.41) is 13.8. The summed E-state index contributed by atoms with van der Waals surface area (Å²) in [4.78, 5) is 14.3. The monoisotopic (exact) mass is 273 g/mol. The molecule has 104 valence electrons. The Bertz CT molecular complexity index is 584. The minimum Gasteiger partial charge on any atom is -0.439 e. The number of pyridine rings is 1. The van der Waals surface area contributed by atoms with Crippen LogP contribution >= 0.6 is 0 Å². The van der Waals surface area contributed by atoms with Crippen molar-refractivity contribution < 1.29 is 9.66 Å². The van der Waals surface area contributed by atoms with Crippen LogP contribution in [0.25, 0.3) is 0 Å². The molecule has 0 atom stereocenters. The van der Waals surface area contributed by atoms with Crippen molar-refractivity contribution in [3.8, 4) is 11.6 Å². The van der Waals surface area contributed by atoms with Crippen LogP contribution < -0.4 is 10.1 Å². The molecule has 0 amide bonds. The number of nitrogens with one attached hydrogen (secondary N) is 1. The zero-order chi connectivity index (χ0) is 14.4. The predicted octanol–water partition coefficient (Wildman–Crippen LogP) is 2.89. The molecule has 0 spiro atoms. The second kappa shape index (κ2) is 6.63. The average molecular weight is 273 g/mol. The fourth-order valence-electron chi connectivity index (χ4n) is 1.66. The van der Waals surface area contributed by atoms with Gasteiger partial charge in [-0.3, -0.25) is 10.1 Å². The number of nitrogens with zero attached hydrogens (tertiary/aromatic N) is 2. The molecule has 6 nitrogen and oxygen atoms in total. The molecule has 0 saturated carbocycles. The summed E-state index contributed by atoms with van der Waals surface area (Å²) in [6.07, 6.45) is 1.65. The summed E-state index contributed by atoms with van der Waals surface area (Å²) in [5.41, 5.74) is 0.971. The lowest BCUT2D eigenvalue weighted by Gasteiger charge is -2.09. The molecule has 0 aliphatic rings. The Morgan fingerprint density at radius 2 is 2.05 bits per heavy atom. The van der Waals surface area contributed by atoms with Crippen LogP contribution in [0.5, 0.6) is 11.6 Å². The van der Waals surface area contributed by atoms with Crippen molar-refractivity contribution in [2.75, 3.05) is 6.54 Å². The fourth-order valence-corrected chi connectivity index (χ4v) is 1.66. The van der Waals surface area contributed by atoms with Gasteiger partial charge in [-0.05, 0) is 24.7 Å². The molecule has 2 aromatic rings. The summed E-state index contributed by atoms with van der Waals surface area (Å²) in [5.74, 6) is 1.02. The van der Waals surface area contributed by atoms with Crippen LogP contribution in [0.1, 0.15) is 12.5 Å². The highest BCUT2D eigenvalue weighted by Crippen LogP contribution is 2.24. The first-order valence-electron chi connectivity index (χ1n) is 6.27. The number of non-ortho nitro benzene ring substituents is 1. The molecule has 0 fully saturated rings. The van der Waals surface area contributed by atoms with E-state index >= 15 is 0 Å². The topological polar surface area (TPSA) is 77.3 Å². The van der Waals surface area contributed by atoms with Gasteiger partial charge in [-0.2, -0.15) is 0 Å². The highest BCUT2D eigenvalue weighted by atomic mass is 16.6. The van der Waals surface area contributed by atoms with Crippen LogP contribution in [-0.2, 0) is 6.54 Å². The molecule has 20 heavy (non-hydrogen) atoms. The summed E-state index contributed by atoms with van der Waals surface area (Å²) < 4.78 is 5.67. The Labute approximate surface area is 116 Å². The Kier molecular flexibility index (Phi) is 4.62. The molecule has 1 N–H and O–H groups in total. The van der Waals surface area contributed by atoms with E-state index in [1.54, 1.807) is 18.3 Å². The number of hydrogen-bond donors (Lipinski definition) is 1. The van der Waals surface area contributed by atoms with Gasteiger partial charge in [0.2, 0.25) is 5.88 Å². The van der Waals surface area contributed by atoms with Gasteiger partial charge in [0.15, 0.2) is 0 Å². The van der Waals surface area contributed by atoms with Gasteiger partial charge in [-0.1, -0.05) is 13.0 Å². The number of rotatable bonds is 6. The molecular formula is C14H15N3O3. The fraction of sp³-hybridized carbons (Fsp3) is 0.214. The zero-order valence-corrected chi connectivity index (χ0v) is 11.1. The SMILES string of the molecule is CCNCc1cccnc1Oc1ccc([N+](=O)[O-])cc1. The molecule has 0 saturated heterocycles. The smallest absolute Gasteiger partial charge is 0.269 e. The molecule has 1 aromatic heterocycles. The van der Waals surface area contributed by atoms with E-state index in [-0.39, 0.29) is 5.69 Å². The molecule has 2 rings (SSSR count). The van der Waals surface area contributed by atoms with Crippen LogP contribution in [0.15, 0.2) is 42.6 Å². The van der Waals surface area contributed by atoms with Crippen LogP contribution in [0.4, 0.5) is 5.69 Å². The van der Waals surface area contributed by atoms with E-state index in [4.69, 9.17) is 4.74 Å². The van der Waals surface area contributed by atoms with E-state index in [2.05, 4.69) is 10.3 Å². The molecular weight excluding hydrogens is 258 g/mol. The molecule has 0 bridgehead atoms. The zero-order valence-electron chi connectivity index (χ0n) is 11.1. The lowest BCUT2D eigenvalue weighted by atomic mass is 10.2. The number of hydrogen-bond acceptors (Lipinski definition) is 5. The van der Waals surface area contributed by atoms with E-state index in [9.17, 15) is 10.1 Å². The van der Waals surface area contributed by atoms with Gasteiger partial charge >= 0.3 is 0 Å². The van der Waals surface area contributed by atoms with Crippen molar-refractivity contribution in [3.05, 3.63) is 58.3 Å². The summed E-state index contributed by atoms with van der Waals surface area (Å²) in [6, 6.07) is 9.70. The summed E-state index contributed by atoms with van der Waals surface area (Å²) in [7, 11) is 0. The predicted molar refractivity (Wildman–Crippen MR) is 74.8 cm³/mol. The first-order chi connectivity index (χ1) is 9.70. The highest BCUT2D eigenvalue weighted by molar-refractivity contribution is 5.38. The maximum Gasteiger partial charge on any atom is 0.269 e. The van der Waals surface area contributed by atoms with Gasteiger partial charge in [0, 0.05) is 30.4 Å². The van der Waals surface area contributed by atoms with Gasteiger partial charge < -0.3 is 10.1 Å². The third-order valence-corrected chi connectivity index (χ3v) is 2.68. The number of aromatic nitrogens is 1. The van der Waals surface area contributed by atoms with Gasteiger partial charge in [0.25, 0.3) is 5.69 Å². The Balaban J connectivity index is 2.14. The molecule has 1 aromatic carbocycles. The Morgan fingerprint density at radius 3 is 2.70 bits per heavy atom. The molecule has 6 heteroatoms. The van der Waals surface area contributed by atoms with Gasteiger partial charge in [-0.25, -0.2) is 4.98 Å².